The molecule has 0 aromatic heterocycles. The van der Waals surface area contributed by atoms with Gasteiger partial charge in [-0.05, 0) is 133 Å². The Morgan fingerprint density at radius 2 is 0.322 bits per heavy atom. The van der Waals surface area contributed by atoms with Gasteiger partial charge in [-0.1, -0.05) is 34.6 Å². The molecule has 0 aromatic rings. The van der Waals surface area contributed by atoms with Crippen molar-refractivity contribution >= 4 is 73.9 Å². The predicted molar refractivity (Wildman–Crippen MR) is 356 cm³/mol. The fraction of sp³-hybridized carbons (Fsp3) is 0.917. The lowest BCUT2D eigenvalue weighted by atomic mass is 9.91. The van der Waals surface area contributed by atoms with E-state index in [9.17, 15) is 24.0 Å². The summed E-state index contributed by atoms with van der Waals surface area (Å²) >= 11 is 0. The number of hydrogen-bond acceptors (Lipinski definition) is 25. The monoisotopic (exact) mass is 1390 g/mol. The summed E-state index contributed by atoms with van der Waals surface area (Å²) in [5, 5.41) is 0. The molecule has 90 heavy (non-hydrogen) atoms. The first kappa shape index (κ1) is 96.5. The summed E-state index contributed by atoms with van der Waals surface area (Å²) in [7, 11) is 10.9. The van der Waals surface area contributed by atoms with Gasteiger partial charge in [-0.25, -0.2) is 0 Å². The minimum absolute atomic E-state index is 0.162. The lowest BCUT2D eigenvalue weighted by Crippen LogP contribution is -2.42. The minimum Gasteiger partial charge on any atom is -0.465 e. The lowest BCUT2D eigenvalue weighted by Gasteiger charge is -2.24. The smallest absolute Gasteiger partial charge is 0.465 e. The second-order valence-corrected chi connectivity index (χ2v) is 39.3. The van der Waals surface area contributed by atoms with E-state index in [4.69, 9.17) is 90.1 Å². The number of carbonyl (C=O) groups excluding carboxylic acids is 5. The molecule has 0 unspecified atom stereocenters. The summed E-state index contributed by atoms with van der Waals surface area (Å²) < 4.78 is 106. The quantitative estimate of drug-likeness (QED) is 0.0237. The Labute approximate surface area is 550 Å². The standard InChI is InChI=1S/5C12H26O5Si/c5*1-7-12(2,3)11(13)17-9-8-10-18(14-4,15-5)16-6/h5*7-10H2,1-6H3. The van der Waals surface area contributed by atoms with Gasteiger partial charge in [0.2, 0.25) is 0 Å². The number of carbonyl (C=O) groups is 5. The number of esters is 5. The fourth-order valence-corrected chi connectivity index (χ4v) is 15.2. The SMILES string of the molecule is CCC(C)(C)C(=O)OCCC[Si](OC)(OC)OC.CCC(C)(C)C(=O)OCCC[Si](OC)(OC)OC.CCC(C)(C)C(=O)OCCC[Si](OC)(OC)OC.CCC(C)(C)C(=O)OCCC[Si](OC)(OC)OC.CCC(C)(C)C(=O)OCCC[Si](OC)(OC)OC. The molecule has 0 heterocycles. The highest BCUT2D eigenvalue weighted by molar-refractivity contribution is 6.62. The normalized spacial score (nSPS) is 12.6. The molecule has 0 aromatic carbocycles. The highest BCUT2D eigenvalue weighted by atomic mass is 28.4. The molecule has 0 aliphatic rings. The topological polar surface area (TPSA) is 270 Å². The molecular formula is C60H130O25Si5. The van der Waals surface area contributed by atoms with E-state index in [1.54, 1.807) is 107 Å². The zero-order valence-electron chi connectivity index (χ0n) is 61.8. The van der Waals surface area contributed by atoms with Crippen LogP contribution in [0.2, 0.25) is 30.2 Å². The van der Waals surface area contributed by atoms with Crippen molar-refractivity contribution in [3.8, 4) is 0 Å². The molecule has 0 bridgehead atoms. The van der Waals surface area contributed by atoms with Crippen LogP contribution in [0.15, 0.2) is 0 Å². The summed E-state index contributed by atoms with van der Waals surface area (Å²) in [5.41, 5.74) is -2.09. The minimum atomic E-state index is -2.53. The zero-order valence-corrected chi connectivity index (χ0v) is 66.8. The maximum absolute atomic E-state index is 11.7. The van der Waals surface area contributed by atoms with Crippen molar-refractivity contribution in [2.45, 2.75) is 198 Å². The van der Waals surface area contributed by atoms with E-state index >= 15 is 0 Å². The Bertz CT molecular complexity index is 1510. The third-order valence-corrected chi connectivity index (χ3v) is 30.3. The Morgan fingerprint density at radius 1 is 0.222 bits per heavy atom. The van der Waals surface area contributed by atoms with Crippen LogP contribution in [0, 0.1) is 27.1 Å². The summed E-state index contributed by atoms with van der Waals surface area (Å²) in [6, 6.07) is 3.18. The average molecular weight is 1390 g/mol. The summed E-state index contributed by atoms with van der Waals surface area (Å²) in [5.74, 6) is -0.812. The van der Waals surface area contributed by atoms with Crippen LogP contribution in [0.5, 0.6) is 0 Å². The van der Waals surface area contributed by atoms with Gasteiger partial charge in [0, 0.05) is 137 Å². The maximum atomic E-state index is 11.7. The van der Waals surface area contributed by atoms with Gasteiger partial charge < -0.3 is 90.1 Å². The van der Waals surface area contributed by atoms with Crippen LogP contribution in [-0.2, 0) is 114 Å². The molecule has 0 spiro atoms. The van der Waals surface area contributed by atoms with E-state index in [2.05, 4.69) is 0 Å². The van der Waals surface area contributed by atoms with Crippen molar-refractivity contribution < 1.29 is 114 Å². The zero-order chi connectivity index (χ0) is 71.2. The fourth-order valence-electron chi connectivity index (χ4n) is 6.75. The van der Waals surface area contributed by atoms with E-state index in [1.165, 1.54) is 0 Å². The molecule has 0 N–H and O–H groups in total. The van der Waals surface area contributed by atoms with Gasteiger partial charge in [-0.2, -0.15) is 0 Å². The van der Waals surface area contributed by atoms with E-state index in [-0.39, 0.29) is 29.8 Å². The van der Waals surface area contributed by atoms with Gasteiger partial charge in [0.1, 0.15) is 0 Å². The van der Waals surface area contributed by atoms with Gasteiger partial charge >= 0.3 is 73.9 Å². The highest BCUT2D eigenvalue weighted by Gasteiger charge is 2.41. The van der Waals surface area contributed by atoms with E-state index in [0.717, 1.165) is 32.1 Å². The molecule has 540 valence electrons. The Balaban J connectivity index is -0.000000334. The number of rotatable bonds is 45. The molecule has 0 saturated heterocycles. The molecule has 0 rings (SSSR count). The van der Waals surface area contributed by atoms with Crippen molar-refractivity contribution in [3.63, 3.8) is 0 Å². The number of hydrogen-bond donors (Lipinski definition) is 0. The Kier molecular flexibility index (Phi) is 53.9. The largest absolute Gasteiger partial charge is 0.500 e. The van der Waals surface area contributed by atoms with Gasteiger partial charge in [-0.3, -0.25) is 24.0 Å². The molecule has 0 atom stereocenters. The second-order valence-electron chi connectivity index (χ2n) is 23.9. The first-order valence-corrected chi connectivity index (χ1v) is 40.7. The maximum Gasteiger partial charge on any atom is 0.500 e. The molecule has 0 aliphatic carbocycles. The Hall–Kier alpha value is -2.17. The molecule has 0 aliphatic heterocycles. The molecule has 0 amide bonds. The lowest BCUT2D eigenvalue weighted by molar-refractivity contribution is -0.154. The average Bonchev–Trinajstić information content (AvgIpc) is 3.20. The van der Waals surface area contributed by atoms with Crippen LogP contribution < -0.4 is 0 Å². The first-order chi connectivity index (χ1) is 41.9. The van der Waals surface area contributed by atoms with Crippen LogP contribution in [0.4, 0.5) is 0 Å². The molecule has 0 saturated carbocycles. The van der Waals surface area contributed by atoms with Gasteiger partial charge in [0.15, 0.2) is 0 Å². The molecule has 0 radical (unpaired) electrons. The summed E-state index contributed by atoms with van der Waals surface area (Å²) in [4.78, 5) is 58.6. The second kappa shape index (κ2) is 50.2. The number of ether oxygens (including phenoxy) is 5. The third kappa shape index (κ3) is 37.8. The van der Waals surface area contributed by atoms with Crippen molar-refractivity contribution in [2.75, 3.05) is 140 Å². The summed E-state index contributed by atoms with van der Waals surface area (Å²) in [6.45, 7) is 30.5. The van der Waals surface area contributed by atoms with Crippen LogP contribution in [0.3, 0.4) is 0 Å². The van der Waals surface area contributed by atoms with Crippen molar-refractivity contribution in [2.24, 2.45) is 27.1 Å². The van der Waals surface area contributed by atoms with Crippen molar-refractivity contribution in [3.05, 3.63) is 0 Å². The molecule has 30 heteroatoms. The highest BCUT2D eigenvalue weighted by Crippen LogP contribution is 2.27. The molecular weight excluding hydrogens is 1260 g/mol. The van der Waals surface area contributed by atoms with Crippen molar-refractivity contribution in [1.29, 1.82) is 0 Å². The van der Waals surface area contributed by atoms with E-state index in [0.29, 0.717) is 95.4 Å². The molecule has 25 nitrogen and oxygen atoms in total. The van der Waals surface area contributed by atoms with E-state index in [1.807, 2.05) is 104 Å². The van der Waals surface area contributed by atoms with Crippen LogP contribution in [0.1, 0.15) is 168 Å². The third-order valence-electron chi connectivity index (χ3n) is 16.1. The van der Waals surface area contributed by atoms with Crippen LogP contribution in [0.25, 0.3) is 0 Å². The van der Waals surface area contributed by atoms with Gasteiger partial charge in [-0.15, -0.1) is 0 Å². The first-order valence-electron chi connectivity index (χ1n) is 31.0. The van der Waals surface area contributed by atoms with Crippen LogP contribution >= 0.6 is 0 Å². The molecule has 0 fully saturated rings. The Morgan fingerprint density at radius 3 is 0.400 bits per heavy atom. The van der Waals surface area contributed by atoms with E-state index < -0.39 is 71.1 Å². The predicted octanol–water partition coefficient (Wildman–Crippen LogP) is 11.2. The van der Waals surface area contributed by atoms with Crippen LogP contribution in [-0.4, -0.2) is 214 Å². The van der Waals surface area contributed by atoms with Crippen molar-refractivity contribution in [1.82, 2.24) is 0 Å². The summed E-state index contributed by atoms with van der Waals surface area (Å²) in [6.07, 6.45) is 7.18. The van der Waals surface area contributed by atoms with Gasteiger partial charge in [0.25, 0.3) is 0 Å². The van der Waals surface area contributed by atoms with Gasteiger partial charge in [0.05, 0.1) is 60.1 Å².